The SMILES string of the molecule is CCOC(=O)c1c(C)[nH]c(C(=O)[C@H](C)OC(=O)c2cc3c(cc2[N+](=O)[O-])OCO3)c1C. The minimum Gasteiger partial charge on any atom is -0.462 e. The first kappa shape index (κ1) is 21.8. The van der Waals surface area contributed by atoms with E-state index < -0.39 is 34.4 Å². The highest BCUT2D eigenvalue weighted by Crippen LogP contribution is 2.38. The maximum absolute atomic E-state index is 12.8. The number of nitrogens with one attached hydrogen (secondary N) is 1. The standard InChI is InChI=1S/C20H20N2O9/c1-5-28-20(25)16-9(2)17(21-10(16)3)18(23)11(4)31-19(24)12-6-14-15(30-8-29-14)7-13(12)22(26)27/h6-7,11,21H,5,8H2,1-4H3/t11-/m0/s1. The van der Waals surface area contributed by atoms with Crippen LogP contribution in [0.3, 0.4) is 0 Å². The summed E-state index contributed by atoms with van der Waals surface area (Å²) in [5, 5.41) is 11.4. The first-order valence-corrected chi connectivity index (χ1v) is 9.35. The lowest BCUT2D eigenvalue weighted by atomic mass is 10.1. The second kappa shape index (κ2) is 8.46. The van der Waals surface area contributed by atoms with Crippen molar-refractivity contribution in [1.29, 1.82) is 0 Å². The third-order valence-electron chi connectivity index (χ3n) is 4.72. The number of benzene rings is 1. The van der Waals surface area contributed by atoms with Gasteiger partial charge in [-0.05, 0) is 33.3 Å². The summed E-state index contributed by atoms with van der Waals surface area (Å²) in [6.45, 7) is 6.22. The Morgan fingerprint density at radius 2 is 1.84 bits per heavy atom. The van der Waals surface area contributed by atoms with Gasteiger partial charge in [0.1, 0.15) is 5.56 Å². The monoisotopic (exact) mass is 432 g/mol. The highest BCUT2D eigenvalue weighted by molar-refractivity contribution is 6.05. The van der Waals surface area contributed by atoms with E-state index in [-0.39, 0.29) is 41.7 Å². The van der Waals surface area contributed by atoms with Gasteiger partial charge >= 0.3 is 11.9 Å². The van der Waals surface area contributed by atoms with Gasteiger partial charge in [-0.15, -0.1) is 0 Å². The predicted molar refractivity (Wildman–Crippen MR) is 105 cm³/mol. The van der Waals surface area contributed by atoms with Gasteiger partial charge in [-0.25, -0.2) is 9.59 Å². The molecular formula is C20H20N2O9. The van der Waals surface area contributed by atoms with Crippen LogP contribution in [0.25, 0.3) is 0 Å². The molecule has 0 aliphatic carbocycles. The molecule has 1 N–H and O–H groups in total. The second-order valence-electron chi connectivity index (χ2n) is 6.74. The quantitative estimate of drug-likeness (QED) is 0.302. The van der Waals surface area contributed by atoms with Crippen LogP contribution in [0.4, 0.5) is 5.69 Å². The molecule has 0 fully saturated rings. The Kier molecular flexibility index (Phi) is 5.95. The van der Waals surface area contributed by atoms with E-state index >= 15 is 0 Å². The molecule has 2 heterocycles. The summed E-state index contributed by atoms with van der Waals surface area (Å²) in [7, 11) is 0. The van der Waals surface area contributed by atoms with Crippen LogP contribution in [0.1, 0.15) is 56.3 Å². The largest absolute Gasteiger partial charge is 0.462 e. The van der Waals surface area contributed by atoms with Crippen LogP contribution >= 0.6 is 0 Å². The van der Waals surface area contributed by atoms with E-state index in [1.807, 2.05) is 0 Å². The minimum absolute atomic E-state index is 0.0843. The van der Waals surface area contributed by atoms with Gasteiger partial charge in [-0.3, -0.25) is 14.9 Å². The molecule has 1 aliphatic heterocycles. The lowest BCUT2D eigenvalue weighted by molar-refractivity contribution is -0.385. The number of aromatic nitrogens is 1. The van der Waals surface area contributed by atoms with Gasteiger partial charge in [-0.2, -0.15) is 0 Å². The topological polar surface area (TPSA) is 147 Å². The highest BCUT2D eigenvalue weighted by atomic mass is 16.7. The van der Waals surface area contributed by atoms with Crippen molar-refractivity contribution in [3.8, 4) is 11.5 Å². The zero-order chi connectivity index (χ0) is 22.9. The summed E-state index contributed by atoms with van der Waals surface area (Å²) in [6, 6.07) is 2.21. The van der Waals surface area contributed by atoms with Crippen LogP contribution in [0.15, 0.2) is 12.1 Å². The van der Waals surface area contributed by atoms with Gasteiger partial charge in [0.2, 0.25) is 12.6 Å². The molecule has 1 atom stereocenters. The molecule has 31 heavy (non-hydrogen) atoms. The van der Waals surface area contributed by atoms with E-state index in [0.717, 1.165) is 12.1 Å². The van der Waals surface area contributed by atoms with E-state index in [2.05, 4.69) is 4.98 Å². The summed E-state index contributed by atoms with van der Waals surface area (Å²) in [6.07, 6.45) is -1.29. The number of ether oxygens (including phenoxy) is 4. The van der Waals surface area contributed by atoms with Crippen LogP contribution in [0.2, 0.25) is 0 Å². The number of aryl methyl sites for hydroxylation is 1. The summed E-state index contributed by atoms with van der Waals surface area (Å²) < 4.78 is 20.4. The van der Waals surface area contributed by atoms with E-state index in [4.69, 9.17) is 18.9 Å². The Bertz CT molecular complexity index is 1090. The van der Waals surface area contributed by atoms with Crippen LogP contribution in [0.5, 0.6) is 11.5 Å². The molecule has 11 nitrogen and oxygen atoms in total. The fraction of sp³-hybridized carbons (Fsp3) is 0.350. The second-order valence-corrected chi connectivity index (χ2v) is 6.74. The number of rotatable bonds is 7. The van der Waals surface area contributed by atoms with Crippen LogP contribution < -0.4 is 9.47 Å². The summed E-state index contributed by atoms with van der Waals surface area (Å²) >= 11 is 0. The number of nitrogens with zero attached hydrogens (tertiary/aromatic N) is 1. The minimum atomic E-state index is -1.29. The molecule has 1 aromatic carbocycles. The predicted octanol–water partition coefficient (Wildman–Crippen LogP) is 2.87. The van der Waals surface area contributed by atoms with Crippen molar-refractivity contribution in [2.24, 2.45) is 0 Å². The summed E-state index contributed by atoms with van der Waals surface area (Å²) in [5.41, 5.74) is 0.198. The third kappa shape index (κ3) is 4.06. The van der Waals surface area contributed by atoms with Crippen molar-refractivity contribution in [2.75, 3.05) is 13.4 Å². The van der Waals surface area contributed by atoms with Crippen molar-refractivity contribution in [2.45, 2.75) is 33.8 Å². The van der Waals surface area contributed by atoms with Gasteiger partial charge < -0.3 is 23.9 Å². The van der Waals surface area contributed by atoms with Crippen molar-refractivity contribution >= 4 is 23.4 Å². The maximum Gasteiger partial charge on any atom is 0.346 e. The number of esters is 2. The van der Waals surface area contributed by atoms with Crippen molar-refractivity contribution in [3.05, 3.63) is 50.3 Å². The number of carbonyl (C=O) groups is 3. The molecule has 0 saturated carbocycles. The molecule has 1 aliphatic rings. The summed E-state index contributed by atoms with van der Waals surface area (Å²) in [5.74, 6) is -1.96. The van der Waals surface area contributed by atoms with E-state index in [9.17, 15) is 24.5 Å². The lowest BCUT2D eigenvalue weighted by Gasteiger charge is -2.13. The molecule has 0 unspecified atom stereocenters. The smallest absolute Gasteiger partial charge is 0.346 e. The Morgan fingerprint density at radius 3 is 2.45 bits per heavy atom. The van der Waals surface area contributed by atoms with Crippen LogP contribution in [0, 0.1) is 24.0 Å². The van der Waals surface area contributed by atoms with E-state index in [1.54, 1.807) is 20.8 Å². The fourth-order valence-electron chi connectivity index (χ4n) is 3.23. The van der Waals surface area contributed by atoms with Gasteiger partial charge in [0.05, 0.1) is 28.9 Å². The molecular weight excluding hydrogens is 412 g/mol. The number of carbonyl (C=O) groups excluding carboxylic acids is 3. The maximum atomic E-state index is 12.8. The molecule has 2 aromatic rings. The Labute approximate surface area is 176 Å². The molecule has 1 aromatic heterocycles. The number of nitro benzene ring substituents is 1. The van der Waals surface area contributed by atoms with Gasteiger partial charge in [0.15, 0.2) is 17.6 Å². The number of hydrogen-bond acceptors (Lipinski definition) is 9. The third-order valence-corrected chi connectivity index (χ3v) is 4.72. The molecule has 0 spiro atoms. The van der Waals surface area contributed by atoms with Crippen LogP contribution in [-0.4, -0.2) is 47.1 Å². The molecule has 0 amide bonds. The fourth-order valence-corrected chi connectivity index (χ4v) is 3.23. The molecule has 0 radical (unpaired) electrons. The van der Waals surface area contributed by atoms with Crippen molar-refractivity contribution in [3.63, 3.8) is 0 Å². The average molecular weight is 432 g/mol. The highest BCUT2D eigenvalue weighted by Gasteiger charge is 2.32. The van der Waals surface area contributed by atoms with Crippen molar-refractivity contribution < 1.29 is 38.3 Å². The van der Waals surface area contributed by atoms with Gasteiger partial charge in [0, 0.05) is 11.8 Å². The normalized spacial score (nSPS) is 12.9. The first-order valence-electron chi connectivity index (χ1n) is 9.35. The number of hydrogen-bond donors (Lipinski definition) is 1. The average Bonchev–Trinajstić information content (AvgIpc) is 3.29. The Hall–Kier alpha value is -3.89. The van der Waals surface area contributed by atoms with E-state index in [1.165, 1.54) is 6.92 Å². The number of nitro groups is 1. The van der Waals surface area contributed by atoms with E-state index in [0.29, 0.717) is 11.3 Å². The van der Waals surface area contributed by atoms with Crippen molar-refractivity contribution in [1.82, 2.24) is 4.98 Å². The number of ketones is 1. The Balaban J connectivity index is 1.84. The first-order chi connectivity index (χ1) is 14.6. The molecule has 0 saturated heterocycles. The Morgan fingerprint density at radius 1 is 1.19 bits per heavy atom. The number of H-pyrrole nitrogens is 1. The molecule has 0 bridgehead atoms. The number of aromatic amines is 1. The summed E-state index contributed by atoms with van der Waals surface area (Å²) in [4.78, 5) is 51.0. The molecule has 11 heteroatoms. The zero-order valence-corrected chi connectivity index (χ0v) is 17.3. The lowest BCUT2D eigenvalue weighted by Crippen LogP contribution is -2.25. The molecule has 164 valence electrons. The molecule has 3 rings (SSSR count). The van der Waals surface area contributed by atoms with Crippen LogP contribution in [-0.2, 0) is 9.47 Å². The number of fused-ring (bicyclic) bond motifs is 1. The number of Topliss-reactive ketones (excluding diaryl/α,β-unsaturated/α-hetero) is 1. The van der Waals surface area contributed by atoms with Gasteiger partial charge in [-0.1, -0.05) is 0 Å². The van der Waals surface area contributed by atoms with Gasteiger partial charge in [0.25, 0.3) is 5.69 Å². The zero-order valence-electron chi connectivity index (χ0n) is 17.3.